The van der Waals surface area contributed by atoms with Gasteiger partial charge in [0.2, 0.25) is 0 Å². The minimum atomic E-state index is -0.513. The number of hydrogen-bond donors (Lipinski definition) is 1. The van der Waals surface area contributed by atoms with Crippen molar-refractivity contribution in [1.82, 2.24) is 9.78 Å². The van der Waals surface area contributed by atoms with Gasteiger partial charge in [0.1, 0.15) is 0 Å². The molecule has 0 spiro atoms. The molecule has 2 heterocycles. The van der Waals surface area contributed by atoms with Crippen LogP contribution in [0.5, 0.6) is 0 Å². The van der Waals surface area contributed by atoms with Crippen molar-refractivity contribution >= 4 is 22.9 Å². The number of aromatic nitrogens is 2. The molecule has 2 aromatic rings. The Kier molecular flexibility index (Phi) is 4.10. The van der Waals surface area contributed by atoms with Gasteiger partial charge in [0.05, 0.1) is 22.5 Å². The molecule has 0 saturated heterocycles. The fraction of sp³-hybridized carbons (Fsp3) is 0.462. The maximum Gasteiger partial charge on any atom is 0.0937 e. The van der Waals surface area contributed by atoms with Gasteiger partial charge in [-0.3, -0.25) is 4.68 Å². The Morgan fingerprint density at radius 2 is 2.22 bits per heavy atom. The lowest BCUT2D eigenvalue weighted by atomic mass is 10.1. The summed E-state index contributed by atoms with van der Waals surface area (Å²) in [5, 5.41) is 15.3. The molecule has 2 rings (SSSR count). The Morgan fingerprint density at radius 3 is 2.72 bits per heavy atom. The molecule has 0 amide bonds. The first-order valence-corrected chi connectivity index (χ1v) is 7.17. The van der Waals surface area contributed by atoms with E-state index >= 15 is 0 Å². The summed E-state index contributed by atoms with van der Waals surface area (Å²) in [7, 11) is 1.87. The summed E-state index contributed by atoms with van der Waals surface area (Å²) in [5.41, 5.74) is 1.79. The number of rotatable bonds is 4. The summed E-state index contributed by atoms with van der Waals surface area (Å²) in [4.78, 5) is 2.18. The minimum Gasteiger partial charge on any atom is -0.387 e. The predicted molar refractivity (Wildman–Crippen MR) is 75.3 cm³/mol. The van der Waals surface area contributed by atoms with Crippen LogP contribution in [0.25, 0.3) is 0 Å². The highest BCUT2D eigenvalue weighted by Gasteiger charge is 2.18. The number of halogens is 1. The molecule has 3 nitrogen and oxygen atoms in total. The third-order valence-corrected chi connectivity index (χ3v) is 4.52. The fourth-order valence-corrected chi connectivity index (χ4v) is 3.19. The van der Waals surface area contributed by atoms with E-state index in [1.165, 1.54) is 4.88 Å². The van der Waals surface area contributed by atoms with E-state index in [2.05, 4.69) is 5.10 Å². The molecular weight excluding hydrogens is 268 g/mol. The van der Waals surface area contributed by atoms with Gasteiger partial charge < -0.3 is 5.11 Å². The second-order valence-electron chi connectivity index (χ2n) is 4.35. The molecule has 98 valence electrons. The standard InChI is InChI=1S/C13H17ClN2OS/c1-4-9-13(14)10(16(3)15-9)7-11(17)12-6-5-8(2)18-12/h5-6,11,17H,4,7H2,1-3H3. The number of aliphatic hydroxyl groups is 1. The number of hydrogen-bond acceptors (Lipinski definition) is 3. The van der Waals surface area contributed by atoms with Crippen LogP contribution in [0.3, 0.4) is 0 Å². The van der Waals surface area contributed by atoms with E-state index in [1.807, 2.05) is 33.0 Å². The van der Waals surface area contributed by atoms with Crippen LogP contribution in [0.1, 0.15) is 34.2 Å². The van der Waals surface area contributed by atoms with E-state index in [0.29, 0.717) is 11.4 Å². The van der Waals surface area contributed by atoms with Gasteiger partial charge >= 0.3 is 0 Å². The molecule has 0 fully saturated rings. The SMILES string of the molecule is CCc1nn(C)c(CC(O)c2ccc(C)s2)c1Cl. The van der Waals surface area contributed by atoms with Crippen LogP contribution < -0.4 is 0 Å². The Bertz CT molecular complexity index is 547. The summed E-state index contributed by atoms with van der Waals surface area (Å²) in [6.07, 6.45) is 0.796. The van der Waals surface area contributed by atoms with Gasteiger partial charge in [0.25, 0.3) is 0 Å². The van der Waals surface area contributed by atoms with E-state index in [4.69, 9.17) is 11.6 Å². The second kappa shape index (κ2) is 5.43. The van der Waals surface area contributed by atoms with E-state index in [1.54, 1.807) is 16.0 Å². The van der Waals surface area contributed by atoms with Crippen LogP contribution in [0.4, 0.5) is 0 Å². The second-order valence-corrected chi connectivity index (χ2v) is 6.05. The van der Waals surface area contributed by atoms with E-state index in [9.17, 15) is 5.11 Å². The first kappa shape index (κ1) is 13.6. The number of aryl methyl sites for hydroxylation is 3. The van der Waals surface area contributed by atoms with Crippen LogP contribution in [-0.2, 0) is 19.9 Å². The third-order valence-electron chi connectivity index (χ3n) is 2.98. The average molecular weight is 285 g/mol. The van der Waals surface area contributed by atoms with E-state index in [0.717, 1.165) is 22.7 Å². The summed E-state index contributed by atoms with van der Waals surface area (Å²) >= 11 is 7.89. The molecule has 0 radical (unpaired) electrons. The summed E-state index contributed by atoms with van der Waals surface area (Å²) < 4.78 is 1.77. The maximum absolute atomic E-state index is 10.2. The Morgan fingerprint density at radius 1 is 1.50 bits per heavy atom. The van der Waals surface area contributed by atoms with Gasteiger partial charge in [-0.05, 0) is 25.5 Å². The molecular formula is C13H17ClN2OS. The van der Waals surface area contributed by atoms with Crippen molar-refractivity contribution in [3.63, 3.8) is 0 Å². The highest BCUT2D eigenvalue weighted by Crippen LogP contribution is 2.29. The lowest BCUT2D eigenvalue weighted by Gasteiger charge is -2.09. The Hall–Kier alpha value is -0.840. The minimum absolute atomic E-state index is 0.502. The molecule has 0 aliphatic carbocycles. The lowest BCUT2D eigenvalue weighted by Crippen LogP contribution is -2.05. The summed E-state index contributed by atoms with van der Waals surface area (Å²) in [5.74, 6) is 0. The zero-order valence-electron chi connectivity index (χ0n) is 10.8. The topological polar surface area (TPSA) is 38.0 Å². The highest BCUT2D eigenvalue weighted by atomic mass is 35.5. The summed E-state index contributed by atoms with van der Waals surface area (Å²) in [6.45, 7) is 4.06. The first-order chi connectivity index (χ1) is 8.52. The molecule has 1 atom stereocenters. The molecule has 1 N–H and O–H groups in total. The van der Waals surface area contributed by atoms with Crippen LogP contribution in [0.15, 0.2) is 12.1 Å². The van der Waals surface area contributed by atoms with Crippen LogP contribution in [-0.4, -0.2) is 14.9 Å². The highest BCUT2D eigenvalue weighted by molar-refractivity contribution is 7.12. The van der Waals surface area contributed by atoms with E-state index < -0.39 is 6.10 Å². The smallest absolute Gasteiger partial charge is 0.0937 e. The zero-order chi connectivity index (χ0) is 13.3. The van der Waals surface area contributed by atoms with Gasteiger partial charge in [-0.1, -0.05) is 18.5 Å². The largest absolute Gasteiger partial charge is 0.387 e. The molecule has 0 aliphatic rings. The maximum atomic E-state index is 10.2. The normalized spacial score (nSPS) is 12.9. The van der Waals surface area contributed by atoms with Gasteiger partial charge in [-0.15, -0.1) is 11.3 Å². The predicted octanol–water partition coefficient (Wildman–Crippen LogP) is 3.28. The quantitative estimate of drug-likeness (QED) is 0.936. The Labute approximate surface area is 116 Å². The monoisotopic (exact) mass is 284 g/mol. The Balaban J connectivity index is 2.21. The number of thiophene rings is 1. The van der Waals surface area contributed by atoms with Gasteiger partial charge in [-0.25, -0.2) is 0 Å². The van der Waals surface area contributed by atoms with Crippen LogP contribution in [0.2, 0.25) is 5.02 Å². The van der Waals surface area contributed by atoms with Gasteiger partial charge in [-0.2, -0.15) is 5.10 Å². The fourth-order valence-electron chi connectivity index (χ4n) is 1.96. The van der Waals surface area contributed by atoms with Crippen molar-refractivity contribution in [3.05, 3.63) is 38.3 Å². The molecule has 0 aromatic carbocycles. The zero-order valence-corrected chi connectivity index (χ0v) is 12.3. The van der Waals surface area contributed by atoms with Crippen molar-refractivity contribution in [3.8, 4) is 0 Å². The molecule has 1 unspecified atom stereocenters. The number of aliphatic hydroxyl groups excluding tert-OH is 1. The van der Waals surface area contributed by atoms with Crippen molar-refractivity contribution in [2.24, 2.45) is 7.05 Å². The molecule has 5 heteroatoms. The molecule has 0 saturated carbocycles. The van der Waals surface area contributed by atoms with Crippen LogP contribution in [0, 0.1) is 6.92 Å². The molecule has 2 aromatic heterocycles. The molecule has 0 bridgehead atoms. The molecule has 18 heavy (non-hydrogen) atoms. The number of nitrogens with zero attached hydrogens (tertiary/aromatic N) is 2. The van der Waals surface area contributed by atoms with Crippen molar-refractivity contribution in [1.29, 1.82) is 0 Å². The van der Waals surface area contributed by atoms with Crippen LogP contribution >= 0.6 is 22.9 Å². The molecule has 0 aliphatic heterocycles. The van der Waals surface area contributed by atoms with Crippen molar-refractivity contribution in [2.75, 3.05) is 0 Å². The van der Waals surface area contributed by atoms with Gasteiger partial charge in [0.15, 0.2) is 0 Å². The average Bonchev–Trinajstić information content (AvgIpc) is 2.87. The summed E-state index contributed by atoms with van der Waals surface area (Å²) in [6, 6.07) is 3.99. The lowest BCUT2D eigenvalue weighted by molar-refractivity contribution is 0.179. The van der Waals surface area contributed by atoms with E-state index in [-0.39, 0.29) is 0 Å². The third kappa shape index (κ3) is 2.60. The van der Waals surface area contributed by atoms with Crippen molar-refractivity contribution < 1.29 is 5.11 Å². The van der Waals surface area contributed by atoms with Crippen molar-refractivity contribution in [2.45, 2.75) is 32.8 Å². The first-order valence-electron chi connectivity index (χ1n) is 5.97. The van der Waals surface area contributed by atoms with Gasteiger partial charge in [0, 0.05) is 23.2 Å².